The molecule has 244 valence electrons. The summed E-state index contributed by atoms with van der Waals surface area (Å²) in [5.74, 6) is -5.24. The summed E-state index contributed by atoms with van der Waals surface area (Å²) in [5, 5.41) is 46.6. The van der Waals surface area contributed by atoms with Crippen LogP contribution in [0.2, 0.25) is 0 Å². The monoisotopic (exact) mass is 632 g/mol. The Labute approximate surface area is 267 Å². The van der Waals surface area contributed by atoms with Crippen LogP contribution in [0, 0.1) is 29.1 Å². The molecule has 4 aliphatic rings. The number of hydrogen-bond acceptors (Lipinski definition) is 10. The molecule has 46 heavy (non-hydrogen) atoms. The second kappa shape index (κ2) is 10.8. The van der Waals surface area contributed by atoms with Crippen molar-refractivity contribution in [1.29, 1.82) is 0 Å². The zero-order valence-corrected chi connectivity index (χ0v) is 26.5. The van der Waals surface area contributed by atoms with Gasteiger partial charge in [0.2, 0.25) is 0 Å². The summed E-state index contributed by atoms with van der Waals surface area (Å²) >= 11 is 0. The van der Waals surface area contributed by atoms with E-state index in [-0.39, 0.29) is 42.1 Å². The predicted octanol–water partition coefficient (Wildman–Crippen LogP) is 3.30. The Kier molecular flexibility index (Phi) is 7.50. The quantitative estimate of drug-likeness (QED) is 0.264. The molecule has 8 atom stereocenters. The molecule has 10 nitrogen and oxygen atoms in total. The number of aliphatic hydroxyl groups excluding tert-OH is 1. The summed E-state index contributed by atoms with van der Waals surface area (Å²) in [6, 6.07) is 13.2. The first-order valence-electron chi connectivity index (χ1n) is 15.5. The average molecular weight is 633 g/mol. The molecule has 0 aliphatic heterocycles. The van der Waals surface area contributed by atoms with E-state index in [1.807, 2.05) is 44.2 Å². The van der Waals surface area contributed by atoms with E-state index in [1.54, 1.807) is 26.0 Å². The number of aromatic hydroxyl groups is 1. The smallest absolute Gasteiger partial charge is 0.338 e. The number of rotatable bonds is 7. The van der Waals surface area contributed by atoms with Crippen molar-refractivity contribution in [3.05, 3.63) is 83.0 Å². The number of carbonyl (C=O) groups is 3. The van der Waals surface area contributed by atoms with Gasteiger partial charge in [0, 0.05) is 35.5 Å². The van der Waals surface area contributed by atoms with Crippen molar-refractivity contribution < 1.29 is 49.0 Å². The maximum absolute atomic E-state index is 13.5. The lowest BCUT2D eigenvalue weighted by Crippen LogP contribution is -2.65. The molecule has 4 N–H and O–H groups in total. The molecule has 0 saturated heterocycles. The number of Topliss-reactive ketones (excluding diaryl/α,β-unsaturated/α-hetero) is 1. The second-order valence-corrected chi connectivity index (χ2v) is 13.8. The van der Waals surface area contributed by atoms with Gasteiger partial charge in [0.25, 0.3) is 0 Å². The topological polar surface area (TPSA) is 160 Å². The minimum Gasteiger partial charge on any atom is -0.504 e. The molecule has 2 aromatic carbocycles. The minimum atomic E-state index is -2.05. The first-order chi connectivity index (χ1) is 21.6. The van der Waals surface area contributed by atoms with Gasteiger partial charge in [-0.15, -0.1) is 0 Å². The highest BCUT2D eigenvalue weighted by Gasteiger charge is 2.86. The predicted molar refractivity (Wildman–Crippen MR) is 165 cm³/mol. The number of hydrogen-bond donors (Lipinski definition) is 4. The molecule has 0 amide bonds. The van der Waals surface area contributed by atoms with Gasteiger partial charge < -0.3 is 34.6 Å². The molecule has 0 bridgehead atoms. The zero-order valence-electron chi connectivity index (χ0n) is 26.5. The van der Waals surface area contributed by atoms with Crippen LogP contribution in [-0.4, -0.2) is 74.8 Å². The molecule has 4 aliphatic carbocycles. The molecule has 2 saturated carbocycles. The van der Waals surface area contributed by atoms with Gasteiger partial charge in [-0.25, -0.2) is 4.79 Å². The maximum Gasteiger partial charge on any atom is 0.338 e. The molecule has 6 rings (SSSR count). The fourth-order valence-corrected chi connectivity index (χ4v) is 8.69. The molecule has 2 aromatic rings. The number of fused-ring (bicyclic) bond motifs is 5. The fourth-order valence-electron chi connectivity index (χ4n) is 8.69. The number of benzene rings is 2. The van der Waals surface area contributed by atoms with E-state index in [4.69, 9.17) is 14.2 Å². The molecule has 0 radical (unpaired) electrons. The van der Waals surface area contributed by atoms with Crippen molar-refractivity contribution in [2.24, 2.45) is 29.1 Å². The van der Waals surface area contributed by atoms with Crippen molar-refractivity contribution in [1.82, 2.24) is 0 Å². The Morgan fingerprint density at radius 1 is 1.04 bits per heavy atom. The maximum atomic E-state index is 13.5. The summed E-state index contributed by atoms with van der Waals surface area (Å²) in [6.45, 7) is 6.67. The van der Waals surface area contributed by atoms with Crippen LogP contribution in [0.3, 0.4) is 0 Å². The van der Waals surface area contributed by atoms with E-state index < -0.39 is 69.7 Å². The van der Waals surface area contributed by atoms with Gasteiger partial charge >= 0.3 is 11.9 Å². The van der Waals surface area contributed by atoms with Crippen LogP contribution in [0.4, 0.5) is 0 Å². The van der Waals surface area contributed by atoms with E-state index in [0.29, 0.717) is 5.57 Å². The molecular weight excluding hydrogens is 592 g/mol. The van der Waals surface area contributed by atoms with Crippen molar-refractivity contribution >= 4 is 17.7 Å². The molecule has 0 aromatic heterocycles. The molecule has 0 heterocycles. The lowest BCUT2D eigenvalue weighted by Gasteiger charge is -2.52. The normalized spacial score (nSPS) is 35.4. The lowest BCUT2D eigenvalue weighted by molar-refractivity contribution is -0.219. The number of esters is 2. The first kappa shape index (κ1) is 32.0. The SMILES string of the molecule is COc1cc(C(=O)OCC2=CC3C4C(C)(C)[C@]4(OC(=O)Cc4ccccc4)[C@H](O)[C@@H](C)[C@]3(O)C3C=C(C)C(=O)[C@@]3(O)C2)ccc1O. The van der Waals surface area contributed by atoms with Crippen molar-refractivity contribution in [3.8, 4) is 11.5 Å². The second-order valence-electron chi connectivity index (χ2n) is 13.8. The van der Waals surface area contributed by atoms with Crippen molar-refractivity contribution in [2.45, 2.75) is 63.4 Å². The molecule has 0 spiro atoms. The van der Waals surface area contributed by atoms with Gasteiger partial charge in [-0.2, -0.15) is 0 Å². The molecule has 10 heteroatoms. The summed E-state index contributed by atoms with van der Waals surface area (Å²) < 4.78 is 16.9. The zero-order chi connectivity index (χ0) is 33.4. The number of ketones is 1. The third kappa shape index (κ3) is 4.45. The number of ether oxygens (including phenoxy) is 3. The summed E-state index contributed by atoms with van der Waals surface area (Å²) in [5.41, 5.74) is -4.44. The van der Waals surface area contributed by atoms with E-state index >= 15 is 0 Å². The van der Waals surface area contributed by atoms with E-state index in [1.165, 1.54) is 25.3 Å². The number of carbonyl (C=O) groups excluding carboxylic acids is 3. The largest absolute Gasteiger partial charge is 0.504 e. The van der Waals surface area contributed by atoms with Gasteiger partial charge in [-0.3, -0.25) is 9.59 Å². The van der Waals surface area contributed by atoms with Gasteiger partial charge in [0.15, 0.2) is 17.3 Å². The third-order valence-electron chi connectivity index (χ3n) is 11.1. The summed E-state index contributed by atoms with van der Waals surface area (Å²) in [7, 11) is 1.36. The molecular formula is C36H40O10. The first-order valence-corrected chi connectivity index (χ1v) is 15.5. The summed E-state index contributed by atoms with van der Waals surface area (Å²) in [4.78, 5) is 39.9. The number of phenols is 1. The van der Waals surface area contributed by atoms with Crippen LogP contribution in [0.5, 0.6) is 11.5 Å². The minimum absolute atomic E-state index is 0.000672. The fraction of sp³-hybridized carbons (Fsp3) is 0.472. The Balaban J connectivity index is 1.37. The molecule has 2 fully saturated rings. The van der Waals surface area contributed by atoms with Gasteiger partial charge in [-0.05, 0) is 41.8 Å². The Morgan fingerprint density at radius 2 is 1.74 bits per heavy atom. The number of aliphatic hydroxyl groups is 3. The van der Waals surface area contributed by atoms with Crippen LogP contribution in [-0.2, 0) is 25.5 Å². The highest BCUT2D eigenvalue weighted by Crippen LogP contribution is 2.76. The van der Waals surface area contributed by atoms with Crippen LogP contribution in [0.15, 0.2) is 71.8 Å². The summed E-state index contributed by atoms with van der Waals surface area (Å²) in [6.07, 6.45) is 1.79. The van der Waals surface area contributed by atoms with Gasteiger partial charge in [0.1, 0.15) is 17.8 Å². The van der Waals surface area contributed by atoms with Crippen LogP contribution < -0.4 is 4.74 Å². The standard InChI is InChI=1S/C36H40O10/c1-19-13-27-34(42,30(19)39)17-22(18-45-32(41)23-11-12-25(37)26(16-23)44-5)14-24-29-33(3,4)36(29,31(40)20(2)35(24,27)43)46-28(38)15-21-9-7-6-8-10-21/h6-14,16,20,24,27,29,31,37,40,42-43H,15,17-18H2,1-5H3/t20-,24?,27?,29?,31-,34-,35-,36-/m1/s1. The van der Waals surface area contributed by atoms with Crippen molar-refractivity contribution in [3.63, 3.8) is 0 Å². The number of phenolic OH excluding ortho intramolecular Hbond substituents is 1. The number of methoxy groups -OCH3 is 1. The van der Waals surface area contributed by atoms with Crippen LogP contribution in [0.25, 0.3) is 0 Å². The van der Waals surface area contributed by atoms with Crippen molar-refractivity contribution in [2.75, 3.05) is 13.7 Å². The van der Waals surface area contributed by atoms with Crippen LogP contribution in [0.1, 0.15) is 50.0 Å². The van der Waals surface area contributed by atoms with Gasteiger partial charge in [0.05, 0.1) is 30.8 Å². The molecule has 3 unspecified atom stereocenters. The van der Waals surface area contributed by atoms with Gasteiger partial charge in [-0.1, -0.05) is 63.3 Å². The highest BCUT2D eigenvalue weighted by atomic mass is 16.6. The van der Waals surface area contributed by atoms with Crippen LogP contribution >= 0.6 is 0 Å². The Hall–Kier alpha value is -3.99. The van der Waals surface area contributed by atoms with E-state index in [0.717, 1.165) is 5.56 Å². The lowest BCUT2D eigenvalue weighted by atomic mass is 9.59. The Morgan fingerprint density at radius 3 is 2.41 bits per heavy atom. The van der Waals surface area contributed by atoms with E-state index in [2.05, 4.69) is 0 Å². The third-order valence-corrected chi connectivity index (χ3v) is 11.1. The Bertz CT molecular complexity index is 1660. The highest BCUT2D eigenvalue weighted by molar-refractivity contribution is 6.05. The average Bonchev–Trinajstić information content (AvgIpc) is 3.45. The van der Waals surface area contributed by atoms with E-state index in [9.17, 15) is 34.8 Å².